The van der Waals surface area contributed by atoms with Crippen LogP contribution in [0.2, 0.25) is 0 Å². The molecule has 1 aliphatic heterocycles. The van der Waals surface area contributed by atoms with E-state index in [-0.39, 0.29) is 47.6 Å². The predicted molar refractivity (Wildman–Crippen MR) is 140 cm³/mol. The molecule has 11 nitrogen and oxygen atoms in total. The number of ether oxygens (including phenoxy) is 1. The molecule has 0 amide bonds. The zero-order valence-electron chi connectivity index (χ0n) is 20.2. The normalized spacial score (nSPS) is 19.8. The van der Waals surface area contributed by atoms with E-state index in [1.54, 1.807) is 18.4 Å². The molecule has 0 spiro atoms. The summed E-state index contributed by atoms with van der Waals surface area (Å²) in [6.45, 7) is 3.90. The average Bonchev–Trinajstić information content (AvgIpc) is 3.53. The first-order valence-corrected chi connectivity index (χ1v) is 15.4. The van der Waals surface area contributed by atoms with E-state index in [1.807, 2.05) is 0 Å². The number of aromatic amines is 1. The third kappa shape index (κ3) is 5.30. The highest BCUT2D eigenvalue weighted by Gasteiger charge is 2.32. The number of sulfonamides is 1. The van der Waals surface area contributed by atoms with Crippen LogP contribution in [0, 0.1) is 6.92 Å². The summed E-state index contributed by atoms with van der Waals surface area (Å²) >= 11 is 0. The maximum absolute atomic E-state index is 13.1. The number of H-pyrrole nitrogens is 1. The van der Waals surface area contributed by atoms with Gasteiger partial charge < -0.3 is 9.72 Å². The quantitative estimate of drug-likeness (QED) is 0.454. The van der Waals surface area contributed by atoms with Gasteiger partial charge in [-0.05, 0) is 51.3 Å². The molecule has 5 rings (SSSR count). The van der Waals surface area contributed by atoms with Gasteiger partial charge in [0.1, 0.15) is 11.6 Å². The number of aryl methyl sites for hydroxylation is 1. The van der Waals surface area contributed by atoms with Crippen molar-refractivity contribution in [3.8, 4) is 17.1 Å². The lowest BCUT2D eigenvalue weighted by Gasteiger charge is -2.15. The van der Waals surface area contributed by atoms with Crippen molar-refractivity contribution in [3.63, 3.8) is 0 Å². The minimum Gasteiger partial charge on any atom is -0.493 e. The number of hydrogen-bond acceptors (Lipinski definition) is 8. The predicted octanol–water partition coefficient (Wildman–Crippen LogP) is 2.55. The minimum atomic E-state index is -4.03. The van der Waals surface area contributed by atoms with Crippen LogP contribution in [0.3, 0.4) is 0 Å². The summed E-state index contributed by atoms with van der Waals surface area (Å²) in [5.74, 6) is 1.19. The van der Waals surface area contributed by atoms with Gasteiger partial charge in [0.15, 0.2) is 21.2 Å². The first kappa shape index (κ1) is 27.3. The van der Waals surface area contributed by atoms with Crippen LogP contribution < -0.4 is 15.0 Å². The van der Waals surface area contributed by atoms with E-state index >= 15 is 0 Å². The second-order valence-electron chi connectivity index (χ2n) is 9.41. The molecule has 1 aliphatic carbocycles. The van der Waals surface area contributed by atoms with Gasteiger partial charge in [0.2, 0.25) is 10.0 Å². The molecule has 0 bridgehead atoms. The number of nitrogens with zero attached hydrogens (tertiary/aromatic N) is 3. The Morgan fingerprint density at radius 3 is 2.59 bits per heavy atom. The van der Waals surface area contributed by atoms with Gasteiger partial charge in [-0.15, -0.1) is 5.10 Å². The molecule has 202 valence electrons. The summed E-state index contributed by atoms with van der Waals surface area (Å²) in [4.78, 5) is 20.4. The standard InChI is InChI=1S/C23H29N5O6S2.CH4/c1-3-34-19-9-8-17(36(32,33)27-16-10-11-35(30,31)13-16)12-18(19)21-25-23(29)20-14(2)24-22(28(20)26-21)15-6-4-5-7-15;/h8-9,12,15-16,27H,3-7,10-11,13H2,1-2H3,(H,25,26,29);1H4. The number of sulfone groups is 1. The number of rotatable bonds is 7. The molecule has 2 fully saturated rings. The summed E-state index contributed by atoms with van der Waals surface area (Å²) < 4.78 is 59.6. The number of hydrogen-bond donors (Lipinski definition) is 2. The van der Waals surface area contributed by atoms with E-state index < -0.39 is 25.9 Å². The number of benzene rings is 1. The van der Waals surface area contributed by atoms with Gasteiger partial charge >= 0.3 is 0 Å². The van der Waals surface area contributed by atoms with Crippen molar-refractivity contribution >= 4 is 25.4 Å². The van der Waals surface area contributed by atoms with Crippen LogP contribution in [0.1, 0.15) is 63.9 Å². The summed E-state index contributed by atoms with van der Waals surface area (Å²) in [5, 5.41) is 4.68. The summed E-state index contributed by atoms with van der Waals surface area (Å²) in [7, 11) is -7.29. The van der Waals surface area contributed by atoms with Gasteiger partial charge in [0, 0.05) is 12.0 Å². The monoisotopic (exact) mass is 551 g/mol. The van der Waals surface area contributed by atoms with E-state index in [0.717, 1.165) is 31.5 Å². The molecule has 1 aromatic carbocycles. The molecule has 37 heavy (non-hydrogen) atoms. The molecule has 2 N–H and O–H groups in total. The highest BCUT2D eigenvalue weighted by Crippen LogP contribution is 2.35. The molecular formula is C24H33N5O6S2. The van der Waals surface area contributed by atoms with Gasteiger partial charge in [-0.25, -0.2) is 31.1 Å². The molecule has 1 saturated heterocycles. The maximum atomic E-state index is 13.1. The van der Waals surface area contributed by atoms with Crippen LogP contribution in [-0.4, -0.2) is 60.6 Å². The Bertz CT molecular complexity index is 1590. The molecule has 3 heterocycles. The molecule has 3 aromatic rings. The Labute approximate surface area is 216 Å². The highest BCUT2D eigenvalue weighted by molar-refractivity contribution is 7.92. The van der Waals surface area contributed by atoms with Crippen LogP contribution in [-0.2, 0) is 19.9 Å². The first-order valence-electron chi connectivity index (χ1n) is 12.1. The van der Waals surface area contributed by atoms with Gasteiger partial charge in [0.05, 0.1) is 34.3 Å². The van der Waals surface area contributed by atoms with E-state index in [0.29, 0.717) is 29.1 Å². The minimum absolute atomic E-state index is 0. The van der Waals surface area contributed by atoms with Crippen molar-refractivity contribution < 1.29 is 21.6 Å². The fourth-order valence-electron chi connectivity index (χ4n) is 5.08. The lowest BCUT2D eigenvalue weighted by atomic mass is 10.1. The van der Waals surface area contributed by atoms with Gasteiger partial charge in [0.25, 0.3) is 5.56 Å². The molecule has 1 saturated carbocycles. The van der Waals surface area contributed by atoms with Crippen LogP contribution in [0.5, 0.6) is 5.75 Å². The van der Waals surface area contributed by atoms with E-state index in [1.165, 1.54) is 18.2 Å². The fraction of sp³-hybridized carbons (Fsp3) is 0.542. The third-order valence-electron chi connectivity index (χ3n) is 6.79. The molecule has 0 radical (unpaired) electrons. The van der Waals surface area contributed by atoms with E-state index in [2.05, 4.69) is 19.8 Å². The van der Waals surface area contributed by atoms with Crippen LogP contribution in [0.4, 0.5) is 0 Å². The molecule has 2 aliphatic rings. The summed E-state index contributed by atoms with van der Waals surface area (Å²) in [5.41, 5.74) is 0.890. The first-order chi connectivity index (χ1) is 17.1. The van der Waals surface area contributed by atoms with Crippen molar-refractivity contribution in [2.45, 2.75) is 70.2 Å². The smallest absolute Gasteiger partial charge is 0.277 e. The van der Waals surface area contributed by atoms with Gasteiger partial charge in [-0.3, -0.25) is 4.79 Å². The van der Waals surface area contributed by atoms with Crippen molar-refractivity contribution in [1.82, 2.24) is 24.3 Å². The van der Waals surface area contributed by atoms with Crippen molar-refractivity contribution in [2.75, 3.05) is 18.1 Å². The van der Waals surface area contributed by atoms with Crippen LogP contribution in [0.15, 0.2) is 27.9 Å². The number of fused-ring (bicyclic) bond motifs is 1. The highest BCUT2D eigenvalue weighted by atomic mass is 32.2. The second-order valence-corrected chi connectivity index (χ2v) is 13.4. The zero-order valence-corrected chi connectivity index (χ0v) is 21.8. The summed E-state index contributed by atoms with van der Waals surface area (Å²) in [6.07, 6.45) is 4.36. The third-order valence-corrected chi connectivity index (χ3v) is 10.1. The number of imidazole rings is 1. The molecule has 1 atom stereocenters. The Morgan fingerprint density at radius 2 is 1.95 bits per heavy atom. The topological polar surface area (TPSA) is 153 Å². The van der Waals surface area contributed by atoms with Crippen molar-refractivity contribution in [2.24, 2.45) is 0 Å². The lowest BCUT2D eigenvalue weighted by molar-refractivity contribution is 0.341. The van der Waals surface area contributed by atoms with Crippen LogP contribution >= 0.6 is 0 Å². The SMILES string of the molecule is C.CCOc1ccc(S(=O)(=O)NC2CCS(=O)(=O)C2)cc1-c1nn2c(C3CCCC3)nc(C)c2c(=O)[nH]1. The Hall–Kier alpha value is -2.77. The Kier molecular flexibility index (Phi) is 7.50. The molecule has 2 aromatic heterocycles. The van der Waals surface area contributed by atoms with Crippen molar-refractivity contribution in [3.05, 3.63) is 40.1 Å². The van der Waals surface area contributed by atoms with Gasteiger partial charge in [-0.1, -0.05) is 20.3 Å². The largest absolute Gasteiger partial charge is 0.493 e. The average molecular weight is 552 g/mol. The van der Waals surface area contributed by atoms with E-state index in [9.17, 15) is 21.6 Å². The lowest BCUT2D eigenvalue weighted by Crippen LogP contribution is -2.35. The van der Waals surface area contributed by atoms with Crippen LogP contribution in [0.25, 0.3) is 16.9 Å². The summed E-state index contributed by atoms with van der Waals surface area (Å²) in [6, 6.07) is 3.61. The second kappa shape index (κ2) is 10.2. The maximum Gasteiger partial charge on any atom is 0.277 e. The van der Waals surface area contributed by atoms with Crippen molar-refractivity contribution in [1.29, 1.82) is 0 Å². The zero-order chi connectivity index (χ0) is 25.7. The Morgan fingerprint density at radius 1 is 1.22 bits per heavy atom. The molecular weight excluding hydrogens is 518 g/mol. The molecule has 13 heteroatoms. The fourth-order valence-corrected chi connectivity index (χ4v) is 8.16. The number of aromatic nitrogens is 4. The Balaban J connectivity index is 0.00000320. The number of nitrogens with one attached hydrogen (secondary N) is 2. The van der Waals surface area contributed by atoms with E-state index in [4.69, 9.17) is 4.74 Å². The van der Waals surface area contributed by atoms with Gasteiger partial charge in [-0.2, -0.15) is 0 Å². The molecule has 1 unspecified atom stereocenters.